The molecule has 7 nitrogen and oxygen atoms in total. The van der Waals surface area contributed by atoms with E-state index in [-0.39, 0.29) is 5.91 Å². The van der Waals surface area contributed by atoms with Crippen LogP contribution < -0.4 is 9.64 Å². The number of rotatable bonds is 4. The lowest BCUT2D eigenvalue weighted by Crippen LogP contribution is -2.52. The van der Waals surface area contributed by atoms with Crippen LogP contribution in [0.4, 0.5) is 5.69 Å². The van der Waals surface area contributed by atoms with Gasteiger partial charge in [0.2, 0.25) is 5.89 Å². The molecule has 1 saturated heterocycles. The summed E-state index contributed by atoms with van der Waals surface area (Å²) in [6.07, 6.45) is 1.18. The van der Waals surface area contributed by atoms with Crippen molar-refractivity contribution in [2.75, 3.05) is 37.7 Å². The van der Waals surface area contributed by atoms with Gasteiger partial charge in [-0.2, -0.15) is 0 Å². The minimum atomic E-state index is -0.568. The molecule has 2 aromatic carbocycles. The normalized spacial score (nSPS) is 18.6. The van der Waals surface area contributed by atoms with E-state index in [1.807, 2.05) is 59.5 Å². The van der Waals surface area contributed by atoms with Crippen LogP contribution in [0.25, 0.3) is 11.3 Å². The van der Waals surface area contributed by atoms with Gasteiger partial charge >= 0.3 is 0 Å². The van der Waals surface area contributed by atoms with E-state index in [2.05, 4.69) is 9.88 Å². The summed E-state index contributed by atoms with van der Waals surface area (Å²) in [5, 5.41) is 0. The molecule has 0 radical (unpaired) electrons. The van der Waals surface area contributed by atoms with Crippen molar-refractivity contribution in [2.45, 2.75) is 12.6 Å². The summed E-state index contributed by atoms with van der Waals surface area (Å²) in [5.41, 5.74) is 1.92. The first-order valence-corrected chi connectivity index (χ1v) is 10.2. The fourth-order valence-electron chi connectivity index (χ4n) is 3.86. The van der Waals surface area contributed by atoms with E-state index in [1.165, 1.54) is 0 Å². The van der Waals surface area contributed by atoms with Crippen molar-refractivity contribution in [3.8, 4) is 17.1 Å². The van der Waals surface area contributed by atoms with Gasteiger partial charge in [-0.25, -0.2) is 4.98 Å². The maximum Gasteiger partial charge on any atom is 0.265 e. The van der Waals surface area contributed by atoms with Crippen molar-refractivity contribution in [3.63, 3.8) is 0 Å². The van der Waals surface area contributed by atoms with Crippen LogP contribution in [0.3, 0.4) is 0 Å². The van der Waals surface area contributed by atoms with Crippen LogP contribution in [-0.4, -0.2) is 54.7 Å². The van der Waals surface area contributed by atoms with Crippen molar-refractivity contribution >= 4 is 11.6 Å². The highest BCUT2D eigenvalue weighted by atomic mass is 16.5. The molecule has 1 fully saturated rings. The maximum absolute atomic E-state index is 13.0. The number of carbonyl (C=O) groups excluding carboxylic acids is 1. The number of nitrogens with zero attached hydrogens (tertiary/aromatic N) is 3. The maximum atomic E-state index is 13.0. The van der Waals surface area contributed by atoms with Gasteiger partial charge in [0.1, 0.15) is 5.75 Å². The van der Waals surface area contributed by atoms with Crippen molar-refractivity contribution < 1.29 is 18.7 Å². The smallest absolute Gasteiger partial charge is 0.265 e. The second kappa shape index (κ2) is 8.20. The second-order valence-corrected chi connectivity index (χ2v) is 7.38. The van der Waals surface area contributed by atoms with Crippen molar-refractivity contribution in [2.24, 2.45) is 0 Å². The second-order valence-electron chi connectivity index (χ2n) is 7.38. The lowest BCUT2D eigenvalue weighted by atomic mass is 10.1. The van der Waals surface area contributed by atoms with Crippen LogP contribution in [0.1, 0.15) is 5.89 Å². The predicted octanol–water partition coefficient (Wildman–Crippen LogP) is 2.97. The summed E-state index contributed by atoms with van der Waals surface area (Å²) < 4.78 is 17.4. The van der Waals surface area contributed by atoms with Gasteiger partial charge in [-0.05, 0) is 12.1 Å². The van der Waals surface area contributed by atoms with E-state index in [9.17, 15) is 4.79 Å². The summed E-state index contributed by atoms with van der Waals surface area (Å²) in [7, 11) is 0. The number of carbonyl (C=O) groups is 1. The third-order valence-electron chi connectivity index (χ3n) is 5.40. The standard InChI is InChI=1S/C23H23N3O4/c27-23(25-10-12-28-13-11-25)21-15-26(18-8-4-5-9-19(18)29-21)16-22-24-14-20(30-22)17-6-2-1-3-7-17/h1-9,14,21H,10-13,15-16H2. The van der Waals surface area contributed by atoms with E-state index in [0.29, 0.717) is 51.0 Å². The van der Waals surface area contributed by atoms with E-state index >= 15 is 0 Å². The summed E-state index contributed by atoms with van der Waals surface area (Å²) in [6, 6.07) is 17.7. The lowest BCUT2D eigenvalue weighted by molar-refractivity contribution is -0.142. The summed E-state index contributed by atoms with van der Waals surface area (Å²) in [6.45, 7) is 3.23. The van der Waals surface area contributed by atoms with Gasteiger partial charge in [-0.3, -0.25) is 4.79 Å². The van der Waals surface area contributed by atoms with Crippen LogP contribution in [-0.2, 0) is 16.1 Å². The third-order valence-corrected chi connectivity index (χ3v) is 5.40. The molecule has 1 atom stereocenters. The molecule has 2 aliphatic heterocycles. The zero-order chi connectivity index (χ0) is 20.3. The number of hydrogen-bond acceptors (Lipinski definition) is 6. The Morgan fingerprint density at radius 2 is 1.80 bits per heavy atom. The molecule has 3 aromatic rings. The molecule has 1 unspecified atom stereocenters. The SMILES string of the molecule is O=C(C1CN(Cc2ncc(-c3ccccc3)o2)c2ccccc2O1)N1CCOCC1. The van der Waals surface area contributed by atoms with Crippen LogP contribution >= 0.6 is 0 Å². The molecule has 2 aliphatic rings. The number of para-hydroxylation sites is 2. The number of morpholine rings is 1. The Morgan fingerprint density at radius 3 is 2.63 bits per heavy atom. The Labute approximate surface area is 174 Å². The molecule has 0 spiro atoms. The fraction of sp³-hybridized carbons (Fsp3) is 0.304. The van der Waals surface area contributed by atoms with E-state index in [0.717, 1.165) is 17.0 Å². The Balaban J connectivity index is 1.37. The summed E-state index contributed by atoms with van der Waals surface area (Å²) >= 11 is 0. The molecule has 154 valence electrons. The molecule has 0 saturated carbocycles. The highest BCUT2D eigenvalue weighted by Crippen LogP contribution is 2.34. The number of ether oxygens (including phenoxy) is 2. The number of oxazole rings is 1. The Kier molecular flexibility index (Phi) is 5.11. The number of hydrogen-bond donors (Lipinski definition) is 0. The van der Waals surface area contributed by atoms with Crippen LogP contribution in [0, 0.1) is 0 Å². The molecule has 7 heteroatoms. The Bertz CT molecular complexity index is 1010. The van der Waals surface area contributed by atoms with E-state index < -0.39 is 6.10 Å². The van der Waals surface area contributed by atoms with Gasteiger partial charge in [0, 0.05) is 18.7 Å². The first-order valence-electron chi connectivity index (χ1n) is 10.2. The van der Waals surface area contributed by atoms with E-state index in [4.69, 9.17) is 13.9 Å². The molecule has 30 heavy (non-hydrogen) atoms. The lowest BCUT2D eigenvalue weighted by Gasteiger charge is -2.37. The van der Waals surface area contributed by atoms with Crippen LogP contribution in [0.2, 0.25) is 0 Å². The Hall–Kier alpha value is -3.32. The molecule has 5 rings (SSSR count). The number of aromatic nitrogens is 1. The Morgan fingerprint density at radius 1 is 1.03 bits per heavy atom. The first kappa shape index (κ1) is 18.7. The number of fused-ring (bicyclic) bond motifs is 1. The quantitative estimate of drug-likeness (QED) is 0.665. The number of anilines is 1. The minimum Gasteiger partial charge on any atom is -0.477 e. The summed E-state index contributed by atoms with van der Waals surface area (Å²) in [5.74, 6) is 2.02. The fourth-order valence-corrected chi connectivity index (χ4v) is 3.86. The monoisotopic (exact) mass is 405 g/mol. The largest absolute Gasteiger partial charge is 0.477 e. The first-order chi connectivity index (χ1) is 14.8. The van der Waals surface area contributed by atoms with Gasteiger partial charge < -0.3 is 23.7 Å². The van der Waals surface area contributed by atoms with Crippen LogP contribution in [0.5, 0.6) is 5.75 Å². The number of benzene rings is 2. The molecule has 0 aliphatic carbocycles. The minimum absolute atomic E-state index is 0.00446. The van der Waals surface area contributed by atoms with Gasteiger partial charge in [-0.15, -0.1) is 0 Å². The van der Waals surface area contributed by atoms with Gasteiger partial charge in [0.25, 0.3) is 5.91 Å². The van der Waals surface area contributed by atoms with Gasteiger partial charge in [0.15, 0.2) is 11.9 Å². The average Bonchev–Trinajstić information content (AvgIpc) is 3.28. The highest BCUT2D eigenvalue weighted by molar-refractivity contribution is 5.83. The summed E-state index contributed by atoms with van der Waals surface area (Å²) in [4.78, 5) is 21.4. The number of amides is 1. The molecule has 0 bridgehead atoms. The van der Waals surface area contributed by atoms with E-state index in [1.54, 1.807) is 6.20 Å². The molecule has 3 heterocycles. The topological polar surface area (TPSA) is 68.0 Å². The molecule has 0 N–H and O–H groups in total. The zero-order valence-corrected chi connectivity index (χ0v) is 16.6. The third kappa shape index (κ3) is 3.76. The van der Waals surface area contributed by atoms with Gasteiger partial charge in [-0.1, -0.05) is 42.5 Å². The predicted molar refractivity (Wildman–Crippen MR) is 111 cm³/mol. The average molecular weight is 405 g/mol. The zero-order valence-electron chi connectivity index (χ0n) is 16.6. The molecule has 1 amide bonds. The van der Waals surface area contributed by atoms with Crippen molar-refractivity contribution in [1.29, 1.82) is 0 Å². The van der Waals surface area contributed by atoms with Gasteiger partial charge in [0.05, 0.1) is 38.2 Å². The highest BCUT2D eigenvalue weighted by Gasteiger charge is 2.34. The molecular weight excluding hydrogens is 382 g/mol. The molecular formula is C23H23N3O4. The van der Waals surface area contributed by atoms with Crippen molar-refractivity contribution in [3.05, 3.63) is 66.7 Å². The van der Waals surface area contributed by atoms with Crippen LogP contribution in [0.15, 0.2) is 65.2 Å². The van der Waals surface area contributed by atoms with Crippen molar-refractivity contribution in [1.82, 2.24) is 9.88 Å². The molecule has 1 aromatic heterocycles.